The molecule has 6 nitrogen and oxygen atoms in total. The number of nitrogens with one attached hydrogen (secondary N) is 1. The maximum absolute atomic E-state index is 6.38. The van der Waals surface area contributed by atoms with Crippen LogP contribution >= 0.6 is 0 Å². The minimum atomic E-state index is -1.83. The molecule has 1 aliphatic heterocycles. The summed E-state index contributed by atoms with van der Waals surface area (Å²) in [5, 5.41) is 8.09. The molecule has 7 heteroatoms. The van der Waals surface area contributed by atoms with Crippen LogP contribution in [0.1, 0.15) is 45.7 Å². The van der Waals surface area contributed by atoms with E-state index in [0.717, 1.165) is 48.7 Å². The molecule has 1 fully saturated rings. The molecule has 0 spiro atoms. The summed E-state index contributed by atoms with van der Waals surface area (Å²) in [5.74, 6) is 0.930. The minimum Gasteiger partial charge on any atom is -0.544 e. The highest BCUT2D eigenvalue weighted by molar-refractivity contribution is 6.74. The third kappa shape index (κ3) is 5.86. The summed E-state index contributed by atoms with van der Waals surface area (Å²) in [4.78, 5) is 0. The van der Waals surface area contributed by atoms with Gasteiger partial charge in [-0.05, 0) is 61.7 Å². The van der Waals surface area contributed by atoms with Crippen molar-refractivity contribution in [2.24, 2.45) is 7.05 Å². The summed E-state index contributed by atoms with van der Waals surface area (Å²) in [6.45, 7) is 12.7. The molecule has 0 unspecified atom stereocenters. The van der Waals surface area contributed by atoms with Crippen LogP contribution in [0.5, 0.6) is 5.75 Å². The standard InChI is InChI=1S/C23H37N3O3Si/c1-23(2,3)30(5,6)29-19-12-10-18(11-13-19)25-20-17-24-26(4)21(20)14-16-28-22-9-7-8-15-27-22/h10-13,17,22,25H,7-9,14-16H2,1-6H3/t22-/m0/s1. The second-order valence-electron chi connectivity index (χ2n) is 9.56. The Morgan fingerprint density at radius 3 is 2.57 bits per heavy atom. The highest BCUT2D eigenvalue weighted by atomic mass is 28.4. The van der Waals surface area contributed by atoms with Gasteiger partial charge >= 0.3 is 0 Å². The third-order valence-electron chi connectivity index (χ3n) is 6.15. The van der Waals surface area contributed by atoms with Crippen molar-refractivity contribution >= 4 is 19.7 Å². The third-order valence-corrected chi connectivity index (χ3v) is 10.5. The maximum atomic E-state index is 6.38. The molecule has 0 aliphatic carbocycles. The van der Waals surface area contributed by atoms with Crippen LogP contribution in [0.3, 0.4) is 0 Å². The number of nitrogens with zero attached hydrogens (tertiary/aromatic N) is 2. The first kappa shape index (κ1) is 22.8. The zero-order chi connectivity index (χ0) is 21.8. The van der Waals surface area contributed by atoms with Crippen molar-refractivity contribution in [2.45, 2.75) is 70.9 Å². The molecule has 1 atom stereocenters. The van der Waals surface area contributed by atoms with Gasteiger partial charge in [0.05, 0.1) is 24.2 Å². The Morgan fingerprint density at radius 2 is 1.93 bits per heavy atom. The van der Waals surface area contributed by atoms with E-state index in [1.807, 2.05) is 30.1 Å². The van der Waals surface area contributed by atoms with Crippen LogP contribution in [0.15, 0.2) is 30.5 Å². The Hall–Kier alpha value is -1.83. The van der Waals surface area contributed by atoms with Gasteiger partial charge in [0, 0.05) is 25.8 Å². The molecular weight excluding hydrogens is 394 g/mol. The lowest BCUT2D eigenvalue weighted by molar-refractivity contribution is -0.161. The van der Waals surface area contributed by atoms with E-state index in [9.17, 15) is 0 Å². The van der Waals surface area contributed by atoms with E-state index in [4.69, 9.17) is 13.9 Å². The summed E-state index contributed by atoms with van der Waals surface area (Å²) in [5.41, 5.74) is 3.14. The molecule has 1 saturated heterocycles. The topological polar surface area (TPSA) is 57.5 Å². The summed E-state index contributed by atoms with van der Waals surface area (Å²) in [7, 11) is 0.136. The van der Waals surface area contributed by atoms with Gasteiger partial charge < -0.3 is 19.2 Å². The first-order chi connectivity index (χ1) is 14.2. The first-order valence-electron chi connectivity index (χ1n) is 11.0. The van der Waals surface area contributed by atoms with Gasteiger partial charge in [0.25, 0.3) is 0 Å². The highest BCUT2D eigenvalue weighted by Gasteiger charge is 2.38. The van der Waals surface area contributed by atoms with Crippen LogP contribution in [0, 0.1) is 0 Å². The van der Waals surface area contributed by atoms with Crippen LogP contribution in [-0.2, 0) is 22.9 Å². The van der Waals surface area contributed by atoms with Crippen molar-refractivity contribution in [3.63, 3.8) is 0 Å². The van der Waals surface area contributed by atoms with Crippen LogP contribution in [0.25, 0.3) is 0 Å². The first-order valence-corrected chi connectivity index (χ1v) is 13.9. The van der Waals surface area contributed by atoms with Crippen LogP contribution in [-0.4, -0.2) is 37.6 Å². The summed E-state index contributed by atoms with van der Waals surface area (Å²) < 4.78 is 19.8. The Morgan fingerprint density at radius 1 is 1.20 bits per heavy atom. The van der Waals surface area contributed by atoms with Gasteiger partial charge in [0.1, 0.15) is 5.75 Å². The van der Waals surface area contributed by atoms with Crippen LogP contribution < -0.4 is 9.74 Å². The van der Waals surface area contributed by atoms with E-state index in [2.05, 4.69) is 56.4 Å². The minimum absolute atomic E-state index is 0.0585. The lowest BCUT2D eigenvalue weighted by atomic mass is 10.2. The Labute approximate surface area is 182 Å². The van der Waals surface area contributed by atoms with Crippen molar-refractivity contribution in [1.29, 1.82) is 0 Å². The van der Waals surface area contributed by atoms with Gasteiger partial charge in [-0.15, -0.1) is 0 Å². The second kappa shape index (κ2) is 9.54. The Bertz CT molecular complexity index is 806. The van der Waals surface area contributed by atoms with Gasteiger partial charge in [-0.25, -0.2) is 0 Å². The molecule has 1 aromatic heterocycles. The molecule has 0 amide bonds. The Balaban J connectivity index is 1.58. The van der Waals surface area contributed by atoms with Crippen molar-refractivity contribution in [3.8, 4) is 5.75 Å². The zero-order valence-corrected chi connectivity index (χ0v) is 20.3. The number of aromatic nitrogens is 2. The van der Waals surface area contributed by atoms with Crippen LogP contribution in [0.4, 0.5) is 11.4 Å². The van der Waals surface area contributed by atoms with Gasteiger partial charge in [-0.2, -0.15) is 5.10 Å². The number of rotatable bonds is 8. The number of hydrogen-bond acceptors (Lipinski definition) is 5. The molecule has 30 heavy (non-hydrogen) atoms. The van der Waals surface area contributed by atoms with Crippen molar-refractivity contribution in [3.05, 3.63) is 36.2 Å². The number of ether oxygens (including phenoxy) is 2. The normalized spacial score (nSPS) is 17.7. The summed E-state index contributed by atoms with van der Waals surface area (Å²) in [6, 6.07) is 8.21. The van der Waals surface area contributed by atoms with E-state index in [0.29, 0.717) is 6.61 Å². The maximum Gasteiger partial charge on any atom is 0.250 e. The molecule has 0 radical (unpaired) electrons. The lowest BCUT2D eigenvalue weighted by Crippen LogP contribution is -2.43. The van der Waals surface area contributed by atoms with E-state index in [1.54, 1.807) is 0 Å². The molecule has 166 valence electrons. The average Bonchev–Trinajstić information content (AvgIpc) is 3.03. The quantitative estimate of drug-likeness (QED) is 0.549. The lowest BCUT2D eigenvalue weighted by Gasteiger charge is -2.36. The fourth-order valence-electron chi connectivity index (χ4n) is 3.20. The molecule has 1 aliphatic rings. The van der Waals surface area contributed by atoms with Gasteiger partial charge in [0.15, 0.2) is 6.29 Å². The monoisotopic (exact) mass is 431 g/mol. The molecule has 2 aromatic rings. The van der Waals surface area contributed by atoms with Gasteiger partial charge in [-0.3, -0.25) is 4.68 Å². The van der Waals surface area contributed by atoms with Crippen LogP contribution in [0.2, 0.25) is 18.1 Å². The number of hydrogen-bond donors (Lipinski definition) is 1. The predicted octanol–water partition coefficient (Wildman–Crippen LogP) is 5.63. The smallest absolute Gasteiger partial charge is 0.250 e. The fourth-order valence-corrected chi connectivity index (χ4v) is 4.23. The largest absolute Gasteiger partial charge is 0.544 e. The predicted molar refractivity (Wildman–Crippen MR) is 124 cm³/mol. The van der Waals surface area contributed by atoms with E-state index < -0.39 is 8.32 Å². The molecule has 3 rings (SSSR count). The van der Waals surface area contributed by atoms with Gasteiger partial charge in [0.2, 0.25) is 8.32 Å². The molecule has 1 N–H and O–H groups in total. The second-order valence-corrected chi connectivity index (χ2v) is 14.3. The molecular formula is C23H37N3O3Si. The summed E-state index contributed by atoms with van der Waals surface area (Å²) in [6.07, 6.45) is 5.89. The number of benzene rings is 1. The molecule has 0 bridgehead atoms. The zero-order valence-electron chi connectivity index (χ0n) is 19.3. The van der Waals surface area contributed by atoms with Crippen molar-refractivity contribution in [2.75, 3.05) is 18.5 Å². The molecule has 2 heterocycles. The SMILES string of the molecule is Cn1ncc(Nc2ccc(O[Si](C)(C)C(C)(C)C)cc2)c1CCO[C@H]1CCCCO1. The van der Waals surface area contributed by atoms with Crippen molar-refractivity contribution < 1.29 is 13.9 Å². The molecule has 1 aromatic carbocycles. The highest BCUT2D eigenvalue weighted by Crippen LogP contribution is 2.37. The fraction of sp³-hybridized carbons (Fsp3) is 0.609. The molecule has 0 saturated carbocycles. The van der Waals surface area contributed by atoms with E-state index in [1.165, 1.54) is 6.42 Å². The Kier molecular flexibility index (Phi) is 7.26. The average molecular weight is 432 g/mol. The van der Waals surface area contributed by atoms with Crippen molar-refractivity contribution in [1.82, 2.24) is 9.78 Å². The summed E-state index contributed by atoms with van der Waals surface area (Å²) >= 11 is 0. The number of anilines is 2. The van der Waals surface area contributed by atoms with Gasteiger partial charge in [-0.1, -0.05) is 20.8 Å². The van der Waals surface area contributed by atoms with E-state index in [-0.39, 0.29) is 11.3 Å². The number of aryl methyl sites for hydroxylation is 1. The van der Waals surface area contributed by atoms with E-state index >= 15 is 0 Å².